The van der Waals surface area contributed by atoms with Crippen molar-refractivity contribution in [3.05, 3.63) is 11.0 Å². The summed E-state index contributed by atoms with van der Waals surface area (Å²) in [4.78, 5) is 11.8. The number of nitrogens with one attached hydrogen (secondary N) is 1. The highest BCUT2D eigenvalue weighted by molar-refractivity contribution is 8.01. The molecule has 0 aromatic rings. The van der Waals surface area contributed by atoms with Gasteiger partial charge in [0, 0.05) is 12.0 Å². The van der Waals surface area contributed by atoms with Crippen molar-refractivity contribution in [2.24, 2.45) is 5.92 Å². The van der Waals surface area contributed by atoms with E-state index in [1.807, 2.05) is 13.0 Å². The molecule has 0 saturated heterocycles. The lowest BCUT2D eigenvalue weighted by Gasteiger charge is -2.24. The van der Waals surface area contributed by atoms with E-state index in [1.54, 1.807) is 11.9 Å². The summed E-state index contributed by atoms with van der Waals surface area (Å²) in [6, 6.07) is 0.321. The van der Waals surface area contributed by atoms with Crippen LogP contribution in [0.2, 0.25) is 0 Å². The van der Waals surface area contributed by atoms with Crippen LogP contribution in [0.15, 0.2) is 11.0 Å². The molecule has 1 heterocycles. The van der Waals surface area contributed by atoms with Gasteiger partial charge < -0.3 is 4.79 Å². The Morgan fingerprint density at radius 1 is 1.82 bits per heavy atom. The van der Waals surface area contributed by atoms with E-state index in [1.165, 1.54) is 4.91 Å². The standard InChI is InChI=1S/C8H13NOS/c1-3-8-7(5-10)4-6(2)11-9-8/h4-5,7-9H,3H2,1-2H3. The summed E-state index contributed by atoms with van der Waals surface area (Å²) in [7, 11) is 0. The molecule has 0 radical (unpaired) electrons. The van der Waals surface area contributed by atoms with E-state index in [0.29, 0.717) is 6.04 Å². The van der Waals surface area contributed by atoms with Crippen LogP contribution in [0.5, 0.6) is 0 Å². The number of hydrogen-bond donors (Lipinski definition) is 1. The third kappa shape index (κ3) is 2.07. The Kier molecular flexibility index (Phi) is 3.15. The normalized spacial score (nSPS) is 31.3. The molecule has 1 aliphatic heterocycles. The average molecular weight is 171 g/mol. The molecule has 11 heavy (non-hydrogen) atoms. The van der Waals surface area contributed by atoms with Crippen LogP contribution in [0.4, 0.5) is 0 Å². The van der Waals surface area contributed by atoms with Crippen LogP contribution in [0.1, 0.15) is 20.3 Å². The van der Waals surface area contributed by atoms with Crippen molar-refractivity contribution in [3.63, 3.8) is 0 Å². The third-order valence-electron chi connectivity index (χ3n) is 1.86. The maximum absolute atomic E-state index is 10.6. The Labute approximate surface area is 71.6 Å². The lowest BCUT2D eigenvalue weighted by molar-refractivity contribution is -0.110. The van der Waals surface area contributed by atoms with Gasteiger partial charge in [-0.15, -0.1) is 0 Å². The monoisotopic (exact) mass is 171 g/mol. The first-order valence-electron chi connectivity index (χ1n) is 3.84. The van der Waals surface area contributed by atoms with Crippen molar-refractivity contribution < 1.29 is 4.79 Å². The molecule has 1 N–H and O–H groups in total. The molecule has 2 nitrogen and oxygen atoms in total. The highest BCUT2D eigenvalue weighted by atomic mass is 32.2. The summed E-state index contributed by atoms with van der Waals surface area (Å²) in [6.45, 7) is 4.10. The molecular formula is C8H13NOS. The summed E-state index contributed by atoms with van der Waals surface area (Å²) >= 11 is 1.62. The van der Waals surface area contributed by atoms with Crippen LogP contribution < -0.4 is 4.72 Å². The maximum atomic E-state index is 10.6. The molecule has 0 aromatic carbocycles. The minimum absolute atomic E-state index is 0.0706. The average Bonchev–Trinajstić information content (AvgIpc) is 2.04. The van der Waals surface area contributed by atoms with Gasteiger partial charge in [0.2, 0.25) is 0 Å². The van der Waals surface area contributed by atoms with E-state index < -0.39 is 0 Å². The van der Waals surface area contributed by atoms with E-state index in [4.69, 9.17) is 0 Å². The van der Waals surface area contributed by atoms with E-state index in [9.17, 15) is 4.79 Å². The predicted molar refractivity (Wildman–Crippen MR) is 48.1 cm³/mol. The van der Waals surface area contributed by atoms with E-state index in [-0.39, 0.29) is 5.92 Å². The fraction of sp³-hybridized carbons (Fsp3) is 0.625. The topological polar surface area (TPSA) is 29.1 Å². The highest BCUT2D eigenvalue weighted by Gasteiger charge is 2.20. The van der Waals surface area contributed by atoms with Gasteiger partial charge in [-0.05, 0) is 30.2 Å². The molecule has 0 bridgehead atoms. The molecule has 0 saturated carbocycles. The molecule has 1 aliphatic rings. The minimum atomic E-state index is 0.0706. The van der Waals surface area contributed by atoms with Crippen LogP contribution in [0, 0.1) is 5.92 Å². The number of hydrogen-bond acceptors (Lipinski definition) is 3. The van der Waals surface area contributed by atoms with Gasteiger partial charge in [-0.2, -0.15) is 0 Å². The van der Waals surface area contributed by atoms with Gasteiger partial charge in [0.15, 0.2) is 0 Å². The van der Waals surface area contributed by atoms with Crippen molar-refractivity contribution in [2.75, 3.05) is 0 Å². The maximum Gasteiger partial charge on any atom is 0.128 e. The quantitative estimate of drug-likeness (QED) is 0.507. The first-order chi connectivity index (χ1) is 5.27. The SMILES string of the molecule is CCC1NSC(C)=CC1C=O. The number of allylic oxidation sites excluding steroid dienone is 1. The van der Waals surface area contributed by atoms with Crippen molar-refractivity contribution in [1.29, 1.82) is 0 Å². The Morgan fingerprint density at radius 3 is 3.09 bits per heavy atom. The van der Waals surface area contributed by atoms with Gasteiger partial charge in [-0.25, -0.2) is 0 Å². The zero-order valence-electron chi connectivity index (χ0n) is 6.83. The molecule has 0 aromatic heterocycles. The molecule has 62 valence electrons. The van der Waals surface area contributed by atoms with Crippen molar-refractivity contribution >= 4 is 18.2 Å². The van der Waals surface area contributed by atoms with Crippen LogP contribution in [0.3, 0.4) is 0 Å². The molecule has 0 spiro atoms. The Morgan fingerprint density at radius 2 is 2.55 bits per heavy atom. The Balaban J connectivity index is 2.66. The smallest absolute Gasteiger partial charge is 0.128 e. The second-order valence-electron chi connectivity index (χ2n) is 2.73. The zero-order valence-corrected chi connectivity index (χ0v) is 7.65. The molecule has 2 atom stereocenters. The molecular weight excluding hydrogens is 158 g/mol. The summed E-state index contributed by atoms with van der Waals surface area (Å²) in [5.74, 6) is 0.0706. The number of aldehydes is 1. The Hall–Kier alpha value is -0.280. The van der Waals surface area contributed by atoms with Crippen LogP contribution in [-0.4, -0.2) is 12.3 Å². The first kappa shape index (κ1) is 8.81. The fourth-order valence-corrected chi connectivity index (χ4v) is 2.04. The van der Waals surface area contributed by atoms with Gasteiger partial charge in [0.25, 0.3) is 0 Å². The van der Waals surface area contributed by atoms with E-state index in [0.717, 1.165) is 12.7 Å². The van der Waals surface area contributed by atoms with Gasteiger partial charge in [-0.1, -0.05) is 13.0 Å². The van der Waals surface area contributed by atoms with Crippen molar-refractivity contribution in [2.45, 2.75) is 26.3 Å². The van der Waals surface area contributed by atoms with Gasteiger partial charge in [-0.3, -0.25) is 4.72 Å². The van der Waals surface area contributed by atoms with Crippen LogP contribution in [0.25, 0.3) is 0 Å². The number of rotatable bonds is 2. The first-order valence-corrected chi connectivity index (χ1v) is 4.65. The largest absolute Gasteiger partial charge is 0.303 e. The molecule has 0 amide bonds. The van der Waals surface area contributed by atoms with Crippen molar-refractivity contribution in [3.8, 4) is 0 Å². The van der Waals surface area contributed by atoms with Crippen LogP contribution in [-0.2, 0) is 4.79 Å². The van der Waals surface area contributed by atoms with Gasteiger partial charge >= 0.3 is 0 Å². The van der Waals surface area contributed by atoms with Crippen molar-refractivity contribution in [1.82, 2.24) is 4.72 Å². The third-order valence-corrected chi connectivity index (χ3v) is 2.74. The van der Waals surface area contributed by atoms with E-state index in [2.05, 4.69) is 11.6 Å². The Bertz CT molecular complexity index is 179. The summed E-state index contributed by atoms with van der Waals surface area (Å²) < 4.78 is 3.24. The van der Waals surface area contributed by atoms with Crippen LogP contribution >= 0.6 is 11.9 Å². The molecule has 0 fully saturated rings. The number of carbonyl (C=O) groups is 1. The molecule has 2 unspecified atom stereocenters. The second kappa shape index (κ2) is 3.93. The molecule has 1 rings (SSSR count). The lowest BCUT2D eigenvalue weighted by Crippen LogP contribution is -2.33. The fourth-order valence-electron chi connectivity index (χ4n) is 1.16. The summed E-state index contributed by atoms with van der Waals surface area (Å²) in [6.07, 6.45) is 4.05. The minimum Gasteiger partial charge on any atom is -0.303 e. The van der Waals surface area contributed by atoms with Gasteiger partial charge in [0.05, 0.1) is 0 Å². The number of carbonyl (C=O) groups excluding carboxylic acids is 1. The second-order valence-corrected chi connectivity index (χ2v) is 3.81. The molecule has 3 heteroatoms. The highest BCUT2D eigenvalue weighted by Crippen LogP contribution is 2.24. The molecule has 0 aliphatic carbocycles. The summed E-state index contributed by atoms with van der Waals surface area (Å²) in [5.41, 5.74) is 0. The lowest BCUT2D eigenvalue weighted by atomic mass is 9.99. The predicted octanol–water partition coefficient (Wildman–Crippen LogP) is 1.74. The zero-order chi connectivity index (χ0) is 8.27. The van der Waals surface area contributed by atoms with E-state index >= 15 is 0 Å². The summed E-state index contributed by atoms with van der Waals surface area (Å²) in [5, 5.41) is 0. The van der Waals surface area contributed by atoms with Gasteiger partial charge in [0.1, 0.15) is 6.29 Å².